The monoisotopic (exact) mass is 550 g/mol. The number of aromatic nitrogens is 2. The van der Waals surface area contributed by atoms with Gasteiger partial charge in [-0.05, 0) is 0 Å². The molecule has 0 aliphatic carbocycles. The molecule has 0 amide bonds. The molecule has 0 spiro atoms. The first-order valence-corrected chi connectivity index (χ1v) is 14.6. The first-order valence-electron chi connectivity index (χ1n) is 12.8. The van der Waals surface area contributed by atoms with Crippen LogP contribution in [0.25, 0.3) is 0 Å². The highest BCUT2D eigenvalue weighted by atomic mass is 32.1. The third-order valence-corrected chi connectivity index (χ3v) is 8.71. The molecule has 0 N–H and O–H groups in total. The van der Waals surface area contributed by atoms with E-state index in [1.54, 1.807) is 22.7 Å². The van der Waals surface area contributed by atoms with Crippen LogP contribution in [0.4, 0.5) is 0 Å². The van der Waals surface area contributed by atoms with Gasteiger partial charge in [0.2, 0.25) is 11.0 Å². The molecular formula is C30H34N2O4S2+2. The lowest BCUT2D eigenvalue weighted by atomic mass is 10.2. The van der Waals surface area contributed by atoms with E-state index in [1.807, 2.05) is 36.4 Å². The topological polar surface area (TPSA) is 60.4 Å². The minimum atomic E-state index is -0.371. The summed E-state index contributed by atoms with van der Waals surface area (Å²) in [6.07, 6.45) is 1.40. The van der Waals surface area contributed by atoms with Crippen LogP contribution in [0.15, 0.2) is 71.7 Å². The Bertz CT molecular complexity index is 1230. The molecule has 0 radical (unpaired) electrons. The smallest absolute Gasteiger partial charge is 0.306 e. The van der Waals surface area contributed by atoms with Gasteiger partial charge in [-0.3, -0.25) is 9.59 Å². The maximum absolute atomic E-state index is 12.1. The normalized spacial score (nSPS) is 10.9. The van der Waals surface area contributed by atoms with E-state index in [-0.39, 0.29) is 24.8 Å². The van der Waals surface area contributed by atoms with Crippen LogP contribution in [0.3, 0.4) is 0 Å². The number of carbonyl (C=O) groups excluding carboxylic acids is 2. The third-order valence-electron chi connectivity index (χ3n) is 6.42. The highest BCUT2D eigenvalue weighted by Crippen LogP contribution is 2.14. The van der Waals surface area contributed by atoms with Gasteiger partial charge in [-0.1, -0.05) is 83.3 Å². The van der Waals surface area contributed by atoms with Gasteiger partial charge in [0, 0.05) is 37.8 Å². The summed E-state index contributed by atoms with van der Waals surface area (Å²) in [6.45, 7) is 6.44. The van der Waals surface area contributed by atoms with Gasteiger partial charge in [-0.2, -0.15) is 9.13 Å². The lowest BCUT2D eigenvalue weighted by molar-refractivity contribution is -0.689. The van der Waals surface area contributed by atoms with E-state index in [9.17, 15) is 9.59 Å². The average Bonchev–Trinajstić information content (AvgIpc) is 3.45. The van der Waals surface area contributed by atoms with Crippen molar-refractivity contribution >= 4 is 34.6 Å². The highest BCUT2D eigenvalue weighted by Gasteiger charge is 2.18. The van der Waals surface area contributed by atoms with Crippen LogP contribution in [-0.2, 0) is 45.0 Å². The lowest BCUT2D eigenvalue weighted by Gasteiger charge is -2.05. The molecule has 0 saturated heterocycles. The molecule has 0 unspecified atom stereocenters. The second-order valence-electron chi connectivity index (χ2n) is 9.13. The number of carbonyl (C=O) groups is 2. The minimum absolute atomic E-state index is 0.0331. The standard InChI is InChI=1S/C30H34N2O4S2/c1-23-27(37-21-31(23)19-25-9-5-3-6-10-25)15-17-35-29(33)13-14-30(34)36-18-16-28-24(2)32(22-38-28)20-26-11-7-4-8-12-26/h3-12,21-22H,13-20H2,1-2H3/q+2. The maximum Gasteiger partial charge on any atom is 0.306 e. The van der Waals surface area contributed by atoms with Gasteiger partial charge in [0.05, 0.1) is 35.8 Å². The molecule has 198 valence electrons. The summed E-state index contributed by atoms with van der Waals surface area (Å²) in [5, 5.41) is 0. The second-order valence-corrected chi connectivity index (χ2v) is 11.0. The lowest BCUT2D eigenvalue weighted by Crippen LogP contribution is -2.35. The van der Waals surface area contributed by atoms with Crippen molar-refractivity contribution in [3.63, 3.8) is 0 Å². The Morgan fingerprint density at radius 1 is 0.658 bits per heavy atom. The third kappa shape index (κ3) is 8.07. The van der Waals surface area contributed by atoms with E-state index in [0.717, 1.165) is 13.1 Å². The Labute approximate surface area is 232 Å². The predicted octanol–water partition coefficient (Wildman–Crippen LogP) is 4.75. The van der Waals surface area contributed by atoms with Gasteiger partial charge in [0.1, 0.15) is 0 Å². The fraction of sp³-hybridized carbons (Fsp3) is 0.333. The quantitative estimate of drug-likeness (QED) is 0.178. The van der Waals surface area contributed by atoms with E-state index in [0.29, 0.717) is 26.1 Å². The molecule has 6 nitrogen and oxygen atoms in total. The van der Waals surface area contributed by atoms with Crippen LogP contribution < -0.4 is 9.13 Å². The van der Waals surface area contributed by atoms with Gasteiger partial charge < -0.3 is 9.47 Å². The molecular weight excluding hydrogens is 516 g/mol. The molecule has 0 aliphatic rings. The van der Waals surface area contributed by atoms with Crippen molar-refractivity contribution in [2.45, 2.75) is 52.6 Å². The van der Waals surface area contributed by atoms with Crippen molar-refractivity contribution in [1.29, 1.82) is 0 Å². The van der Waals surface area contributed by atoms with E-state index in [1.165, 1.54) is 32.3 Å². The summed E-state index contributed by atoms with van der Waals surface area (Å²) >= 11 is 3.34. The summed E-state index contributed by atoms with van der Waals surface area (Å²) < 4.78 is 15.2. The summed E-state index contributed by atoms with van der Waals surface area (Å²) in [7, 11) is 0. The van der Waals surface area contributed by atoms with Crippen molar-refractivity contribution in [3.05, 3.63) is 104 Å². The Kier molecular flexibility index (Phi) is 10.2. The van der Waals surface area contributed by atoms with Gasteiger partial charge in [-0.15, -0.1) is 0 Å². The SMILES string of the molecule is Cc1c(CCOC(=O)CCC(=O)OCCc2sc[n+](Cc3ccccc3)c2C)sc[n+]1Cc1ccccc1. The first kappa shape index (κ1) is 27.7. The molecule has 0 bridgehead atoms. The Morgan fingerprint density at radius 3 is 1.45 bits per heavy atom. The van der Waals surface area contributed by atoms with Gasteiger partial charge in [0.15, 0.2) is 24.5 Å². The largest absolute Gasteiger partial charge is 0.465 e. The number of benzene rings is 2. The number of esters is 2. The molecule has 0 fully saturated rings. The van der Waals surface area contributed by atoms with Crippen molar-refractivity contribution < 1.29 is 28.2 Å². The molecule has 4 aromatic rings. The van der Waals surface area contributed by atoms with Crippen LogP contribution in [0.5, 0.6) is 0 Å². The Morgan fingerprint density at radius 2 is 1.05 bits per heavy atom. The average molecular weight is 551 g/mol. The Balaban J connectivity index is 1.11. The van der Waals surface area contributed by atoms with Crippen LogP contribution in [0.1, 0.15) is 45.1 Å². The molecule has 2 aromatic heterocycles. The van der Waals surface area contributed by atoms with Crippen molar-refractivity contribution in [1.82, 2.24) is 0 Å². The zero-order valence-corrected chi connectivity index (χ0v) is 23.6. The first-order chi connectivity index (χ1) is 18.5. The summed E-state index contributed by atoms with van der Waals surface area (Å²) in [5.41, 5.74) is 9.09. The van der Waals surface area contributed by atoms with Crippen LogP contribution >= 0.6 is 22.7 Å². The molecule has 4 rings (SSSR count). The maximum atomic E-state index is 12.1. The van der Waals surface area contributed by atoms with Gasteiger partial charge in [-0.25, -0.2) is 0 Å². The van der Waals surface area contributed by atoms with Crippen molar-refractivity contribution in [2.75, 3.05) is 13.2 Å². The molecule has 2 heterocycles. The fourth-order valence-electron chi connectivity index (χ4n) is 4.12. The number of hydrogen-bond donors (Lipinski definition) is 0. The van der Waals surface area contributed by atoms with Crippen LogP contribution in [-0.4, -0.2) is 25.2 Å². The summed E-state index contributed by atoms with van der Waals surface area (Å²) in [4.78, 5) is 26.7. The summed E-state index contributed by atoms with van der Waals surface area (Å²) in [6, 6.07) is 20.7. The van der Waals surface area contributed by atoms with Gasteiger partial charge >= 0.3 is 11.9 Å². The zero-order valence-electron chi connectivity index (χ0n) is 21.9. The molecule has 38 heavy (non-hydrogen) atoms. The highest BCUT2D eigenvalue weighted by molar-refractivity contribution is 7.09. The zero-order chi connectivity index (χ0) is 26.7. The number of rotatable bonds is 13. The molecule has 0 aliphatic heterocycles. The van der Waals surface area contributed by atoms with Crippen molar-refractivity contribution in [3.8, 4) is 0 Å². The van der Waals surface area contributed by atoms with Crippen LogP contribution in [0.2, 0.25) is 0 Å². The van der Waals surface area contributed by atoms with E-state index >= 15 is 0 Å². The number of hydrogen-bond acceptors (Lipinski definition) is 6. The van der Waals surface area contributed by atoms with Crippen molar-refractivity contribution in [2.24, 2.45) is 0 Å². The van der Waals surface area contributed by atoms with Gasteiger partial charge in [0.25, 0.3) is 0 Å². The Hall–Kier alpha value is -3.36. The van der Waals surface area contributed by atoms with Crippen LogP contribution in [0, 0.1) is 13.8 Å². The predicted molar refractivity (Wildman–Crippen MR) is 148 cm³/mol. The molecule has 0 saturated carbocycles. The second kappa shape index (κ2) is 14.0. The van der Waals surface area contributed by atoms with E-state index in [2.05, 4.69) is 58.3 Å². The minimum Gasteiger partial charge on any atom is -0.465 e. The van der Waals surface area contributed by atoms with E-state index in [4.69, 9.17) is 9.47 Å². The van der Waals surface area contributed by atoms with E-state index < -0.39 is 0 Å². The number of thiazole rings is 2. The molecule has 8 heteroatoms. The number of nitrogens with zero attached hydrogens (tertiary/aromatic N) is 2. The summed E-state index contributed by atoms with van der Waals surface area (Å²) in [5.74, 6) is -0.742. The molecule has 0 atom stereocenters. The molecule has 2 aromatic carbocycles. The number of ether oxygens (including phenoxy) is 2. The fourth-order valence-corrected chi connectivity index (χ4v) is 6.07.